The summed E-state index contributed by atoms with van der Waals surface area (Å²) in [7, 11) is 0. The van der Waals surface area contributed by atoms with Crippen LogP contribution in [0, 0.1) is 13.8 Å². The molecule has 2 amide bonds. The Labute approximate surface area is 111 Å². The van der Waals surface area contributed by atoms with Crippen LogP contribution in [0.4, 0.5) is 0 Å². The fourth-order valence-corrected chi connectivity index (χ4v) is 1.72. The van der Waals surface area contributed by atoms with Crippen LogP contribution in [-0.2, 0) is 0 Å². The third kappa shape index (κ3) is 2.82. The number of aryl methyl sites for hydroxylation is 1. The van der Waals surface area contributed by atoms with E-state index in [1.807, 2.05) is 26.0 Å². The van der Waals surface area contributed by atoms with E-state index in [2.05, 4.69) is 15.8 Å². The molecule has 3 N–H and O–H groups in total. The number of hydrogen-bond donors (Lipinski definition) is 3. The molecule has 0 saturated carbocycles. The molecule has 0 unspecified atom stereocenters. The van der Waals surface area contributed by atoms with Crippen molar-refractivity contribution >= 4 is 11.8 Å². The number of hydrazine groups is 1. The number of aromatic amines is 1. The summed E-state index contributed by atoms with van der Waals surface area (Å²) in [6.45, 7) is 3.81. The van der Waals surface area contributed by atoms with E-state index in [1.54, 1.807) is 24.4 Å². The highest BCUT2D eigenvalue weighted by Crippen LogP contribution is 2.12. The largest absolute Gasteiger partial charge is 0.357 e. The SMILES string of the molecule is Cc1cccc(C(=O)NNC(=O)c2ccc[nH]2)c1C. The van der Waals surface area contributed by atoms with Crippen molar-refractivity contribution in [2.45, 2.75) is 13.8 Å². The van der Waals surface area contributed by atoms with Crippen LogP contribution < -0.4 is 10.9 Å². The normalized spacial score (nSPS) is 10.0. The molecule has 5 heteroatoms. The van der Waals surface area contributed by atoms with Crippen LogP contribution in [0.15, 0.2) is 36.5 Å². The van der Waals surface area contributed by atoms with Gasteiger partial charge >= 0.3 is 0 Å². The minimum absolute atomic E-state index is 0.332. The van der Waals surface area contributed by atoms with Gasteiger partial charge in [-0.25, -0.2) is 0 Å². The number of nitrogens with one attached hydrogen (secondary N) is 3. The number of benzene rings is 1. The predicted octanol–water partition coefficient (Wildman–Crippen LogP) is 1.71. The van der Waals surface area contributed by atoms with Gasteiger partial charge < -0.3 is 4.98 Å². The summed E-state index contributed by atoms with van der Waals surface area (Å²) in [5, 5.41) is 0. The van der Waals surface area contributed by atoms with E-state index in [0.717, 1.165) is 11.1 Å². The van der Waals surface area contributed by atoms with E-state index in [0.29, 0.717) is 11.3 Å². The molecule has 2 rings (SSSR count). The van der Waals surface area contributed by atoms with E-state index >= 15 is 0 Å². The lowest BCUT2D eigenvalue weighted by molar-refractivity contribution is 0.0844. The average molecular weight is 257 g/mol. The summed E-state index contributed by atoms with van der Waals surface area (Å²) in [4.78, 5) is 26.3. The first-order chi connectivity index (χ1) is 9.09. The quantitative estimate of drug-likeness (QED) is 0.716. The van der Waals surface area contributed by atoms with Crippen LogP contribution in [-0.4, -0.2) is 16.8 Å². The fourth-order valence-electron chi connectivity index (χ4n) is 1.72. The van der Waals surface area contributed by atoms with Gasteiger partial charge in [-0.05, 0) is 43.2 Å². The second-order valence-electron chi connectivity index (χ2n) is 4.24. The van der Waals surface area contributed by atoms with E-state index in [1.165, 1.54) is 0 Å². The van der Waals surface area contributed by atoms with Crippen molar-refractivity contribution in [3.8, 4) is 0 Å². The first-order valence-corrected chi connectivity index (χ1v) is 5.90. The van der Waals surface area contributed by atoms with Gasteiger partial charge in [-0.3, -0.25) is 20.4 Å². The Morgan fingerprint density at radius 2 is 1.74 bits per heavy atom. The molecule has 0 saturated heterocycles. The topological polar surface area (TPSA) is 74.0 Å². The van der Waals surface area contributed by atoms with E-state index < -0.39 is 0 Å². The van der Waals surface area contributed by atoms with Crippen molar-refractivity contribution < 1.29 is 9.59 Å². The van der Waals surface area contributed by atoms with Gasteiger partial charge in [0.15, 0.2) is 0 Å². The lowest BCUT2D eigenvalue weighted by Gasteiger charge is -2.10. The minimum Gasteiger partial charge on any atom is -0.357 e. The third-order valence-corrected chi connectivity index (χ3v) is 2.98. The van der Waals surface area contributed by atoms with E-state index in [9.17, 15) is 9.59 Å². The van der Waals surface area contributed by atoms with Gasteiger partial charge in [0.1, 0.15) is 5.69 Å². The zero-order chi connectivity index (χ0) is 13.8. The predicted molar refractivity (Wildman–Crippen MR) is 71.6 cm³/mol. The summed E-state index contributed by atoms with van der Waals surface area (Å²) in [6, 6.07) is 8.80. The minimum atomic E-state index is -0.386. The smallest absolute Gasteiger partial charge is 0.286 e. The Balaban J connectivity index is 2.02. The molecule has 2 aromatic rings. The first-order valence-electron chi connectivity index (χ1n) is 5.90. The number of amides is 2. The Hall–Kier alpha value is -2.56. The second-order valence-corrected chi connectivity index (χ2v) is 4.24. The van der Waals surface area contributed by atoms with Gasteiger partial charge in [0.25, 0.3) is 11.8 Å². The van der Waals surface area contributed by atoms with Crippen LogP contribution in [0.5, 0.6) is 0 Å². The van der Waals surface area contributed by atoms with Crippen LogP contribution in [0.2, 0.25) is 0 Å². The Morgan fingerprint density at radius 1 is 1.00 bits per heavy atom. The first kappa shape index (κ1) is 12.9. The summed E-state index contributed by atoms with van der Waals surface area (Å²) in [5.41, 5.74) is 7.62. The molecule has 0 atom stereocenters. The number of hydrogen-bond acceptors (Lipinski definition) is 2. The van der Waals surface area contributed by atoms with Crippen LogP contribution in [0.25, 0.3) is 0 Å². The standard InChI is InChI=1S/C14H15N3O2/c1-9-5-3-6-11(10(9)2)13(18)16-17-14(19)12-7-4-8-15-12/h3-8,15H,1-2H3,(H,16,18)(H,17,19). The van der Waals surface area contributed by atoms with Gasteiger partial charge in [0, 0.05) is 11.8 Å². The Morgan fingerprint density at radius 3 is 2.42 bits per heavy atom. The number of carbonyl (C=O) groups is 2. The van der Waals surface area contributed by atoms with Crippen molar-refractivity contribution in [3.05, 3.63) is 58.9 Å². The zero-order valence-corrected chi connectivity index (χ0v) is 10.8. The molecular weight excluding hydrogens is 242 g/mol. The van der Waals surface area contributed by atoms with Gasteiger partial charge in [0.2, 0.25) is 0 Å². The van der Waals surface area contributed by atoms with Crippen molar-refractivity contribution in [2.75, 3.05) is 0 Å². The van der Waals surface area contributed by atoms with Crippen molar-refractivity contribution in [1.29, 1.82) is 0 Å². The molecule has 0 radical (unpaired) electrons. The summed E-state index contributed by atoms with van der Waals surface area (Å²) >= 11 is 0. The average Bonchev–Trinajstić information content (AvgIpc) is 2.93. The molecule has 1 aromatic heterocycles. The summed E-state index contributed by atoms with van der Waals surface area (Å²) in [5.74, 6) is -0.718. The maximum atomic E-state index is 12.0. The molecule has 0 fully saturated rings. The lowest BCUT2D eigenvalue weighted by Crippen LogP contribution is -2.42. The van der Waals surface area contributed by atoms with Gasteiger partial charge in [-0.1, -0.05) is 12.1 Å². The maximum Gasteiger partial charge on any atom is 0.286 e. The summed E-state index contributed by atoms with van der Waals surface area (Å²) in [6.07, 6.45) is 1.64. The van der Waals surface area contributed by atoms with Crippen molar-refractivity contribution in [2.24, 2.45) is 0 Å². The highest BCUT2D eigenvalue weighted by molar-refractivity contribution is 5.99. The molecule has 0 aliphatic carbocycles. The Bertz CT molecular complexity index is 603. The van der Waals surface area contributed by atoms with E-state index in [4.69, 9.17) is 0 Å². The van der Waals surface area contributed by atoms with Crippen LogP contribution in [0.1, 0.15) is 32.0 Å². The summed E-state index contributed by atoms with van der Waals surface area (Å²) < 4.78 is 0. The van der Waals surface area contributed by atoms with Gasteiger partial charge in [-0.2, -0.15) is 0 Å². The highest BCUT2D eigenvalue weighted by atomic mass is 16.2. The molecule has 1 heterocycles. The number of rotatable bonds is 2. The molecular formula is C14H15N3O2. The van der Waals surface area contributed by atoms with Crippen molar-refractivity contribution in [1.82, 2.24) is 15.8 Å². The molecule has 0 bridgehead atoms. The number of H-pyrrole nitrogens is 1. The fraction of sp³-hybridized carbons (Fsp3) is 0.143. The zero-order valence-electron chi connectivity index (χ0n) is 10.8. The van der Waals surface area contributed by atoms with Crippen LogP contribution in [0.3, 0.4) is 0 Å². The molecule has 0 spiro atoms. The van der Waals surface area contributed by atoms with Crippen molar-refractivity contribution in [3.63, 3.8) is 0 Å². The monoisotopic (exact) mass is 257 g/mol. The van der Waals surface area contributed by atoms with Gasteiger partial charge in [-0.15, -0.1) is 0 Å². The molecule has 1 aromatic carbocycles. The third-order valence-electron chi connectivity index (χ3n) is 2.98. The highest BCUT2D eigenvalue weighted by Gasteiger charge is 2.11. The Kier molecular flexibility index (Phi) is 3.66. The number of carbonyl (C=O) groups excluding carboxylic acids is 2. The molecule has 0 aliphatic heterocycles. The molecule has 19 heavy (non-hydrogen) atoms. The maximum absolute atomic E-state index is 12.0. The lowest BCUT2D eigenvalue weighted by atomic mass is 10.0. The molecule has 98 valence electrons. The molecule has 5 nitrogen and oxygen atoms in total. The van der Waals surface area contributed by atoms with Crippen LogP contribution >= 0.6 is 0 Å². The second kappa shape index (κ2) is 5.39. The van der Waals surface area contributed by atoms with E-state index in [-0.39, 0.29) is 11.8 Å². The number of aromatic nitrogens is 1. The van der Waals surface area contributed by atoms with Gasteiger partial charge in [0.05, 0.1) is 0 Å². The molecule has 0 aliphatic rings.